The van der Waals surface area contributed by atoms with E-state index >= 15 is 0 Å². The number of nitrogens with one attached hydrogen (secondary N) is 1. The SMILES string of the molecule is Cl.Cl.O=C(O)c1cccc(-c2ccc(CNCc3cccnc3)o2)c1. The molecule has 0 fully saturated rings. The standard InChI is InChI=1S/C18H16N2O3.2ClH/c21-18(22)15-5-1-4-14(9-15)17-7-6-16(23-17)12-20-11-13-3-2-8-19-10-13;;/h1-10,20H,11-12H2,(H,21,22);2*1H. The molecule has 0 aliphatic carbocycles. The van der Waals surface area contributed by atoms with Gasteiger partial charge in [0.05, 0.1) is 12.1 Å². The lowest BCUT2D eigenvalue weighted by molar-refractivity contribution is 0.0697. The molecule has 132 valence electrons. The van der Waals surface area contributed by atoms with Crippen LogP contribution >= 0.6 is 24.8 Å². The van der Waals surface area contributed by atoms with E-state index in [-0.39, 0.29) is 30.4 Å². The summed E-state index contributed by atoms with van der Waals surface area (Å²) in [6, 6.07) is 14.3. The number of furan rings is 1. The molecule has 0 bridgehead atoms. The summed E-state index contributed by atoms with van der Waals surface area (Å²) in [7, 11) is 0. The second-order valence-electron chi connectivity index (χ2n) is 5.12. The van der Waals surface area contributed by atoms with Crippen molar-refractivity contribution in [1.82, 2.24) is 10.3 Å². The molecule has 0 spiro atoms. The van der Waals surface area contributed by atoms with E-state index < -0.39 is 5.97 Å². The normalized spacial score (nSPS) is 9.76. The monoisotopic (exact) mass is 380 g/mol. The molecule has 0 unspecified atom stereocenters. The van der Waals surface area contributed by atoms with Crippen LogP contribution in [0, 0.1) is 0 Å². The minimum Gasteiger partial charge on any atom is -0.478 e. The molecule has 0 atom stereocenters. The van der Waals surface area contributed by atoms with Crippen molar-refractivity contribution < 1.29 is 14.3 Å². The van der Waals surface area contributed by atoms with Gasteiger partial charge in [0, 0.05) is 24.5 Å². The number of nitrogens with zero attached hydrogens (tertiary/aromatic N) is 1. The van der Waals surface area contributed by atoms with Gasteiger partial charge < -0.3 is 14.8 Å². The number of halogens is 2. The zero-order valence-corrected chi connectivity index (χ0v) is 14.8. The number of hydrogen-bond donors (Lipinski definition) is 2. The van der Waals surface area contributed by atoms with Crippen molar-refractivity contribution in [3.05, 3.63) is 77.8 Å². The van der Waals surface area contributed by atoms with Gasteiger partial charge in [-0.3, -0.25) is 4.98 Å². The van der Waals surface area contributed by atoms with E-state index in [1.807, 2.05) is 36.5 Å². The fraction of sp³-hybridized carbons (Fsp3) is 0.111. The first-order valence-corrected chi connectivity index (χ1v) is 7.24. The third-order valence-electron chi connectivity index (χ3n) is 3.41. The first kappa shape index (κ1) is 20.7. The van der Waals surface area contributed by atoms with Gasteiger partial charge >= 0.3 is 5.97 Å². The van der Waals surface area contributed by atoms with Crippen molar-refractivity contribution in [1.29, 1.82) is 0 Å². The predicted molar refractivity (Wildman–Crippen MR) is 100 cm³/mol. The van der Waals surface area contributed by atoms with Crippen LogP contribution in [-0.4, -0.2) is 16.1 Å². The van der Waals surface area contributed by atoms with E-state index in [1.54, 1.807) is 24.4 Å². The van der Waals surface area contributed by atoms with Gasteiger partial charge in [-0.1, -0.05) is 18.2 Å². The molecule has 3 rings (SSSR count). The first-order chi connectivity index (χ1) is 11.2. The number of aromatic carboxylic acids is 1. The molecule has 0 radical (unpaired) electrons. The largest absolute Gasteiger partial charge is 0.478 e. The van der Waals surface area contributed by atoms with Crippen LogP contribution in [0.3, 0.4) is 0 Å². The number of carboxylic acid groups (broad SMARTS) is 1. The van der Waals surface area contributed by atoms with Gasteiger partial charge in [-0.2, -0.15) is 0 Å². The Bertz CT molecular complexity index is 807. The van der Waals surface area contributed by atoms with Gasteiger partial charge in [-0.25, -0.2) is 4.79 Å². The van der Waals surface area contributed by atoms with Crippen molar-refractivity contribution in [2.24, 2.45) is 0 Å². The van der Waals surface area contributed by atoms with Crippen LogP contribution in [0.4, 0.5) is 0 Å². The molecule has 5 nitrogen and oxygen atoms in total. The van der Waals surface area contributed by atoms with Crippen molar-refractivity contribution in [3.8, 4) is 11.3 Å². The van der Waals surface area contributed by atoms with Crippen LogP contribution < -0.4 is 5.32 Å². The number of carboxylic acids is 1. The van der Waals surface area contributed by atoms with Crippen LogP contribution in [0.1, 0.15) is 21.7 Å². The number of benzene rings is 1. The molecule has 2 heterocycles. The average molecular weight is 381 g/mol. The zero-order chi connectivity index (χ0) is 16.1. The van der Waals surface area contributed by atoms with Gasteiger partial charge in [0.1, 0.15) is 11.5 Å². The molecule has 2 aromatic heterocycles. The third kappa shape index (κ3) is 5.60. The fourth-order valence-corrected chi connectivity index (χ4v) is 2.27. The second-order valence-corrected chi connectivity index (χ2v) is 5.12. The van der Waals surface area contributed by atoms with Crippen molar-refractivity contribution in [2.75, 3.05) is 0 Å². The highest BCUT2D eigenvalue weighted by Crippen LogP contribution is 2.23. The maximum Gasteiger partial charge on any atom is 0.335 e. The Hall–Kier alpha value is -2.34. The lowest BCUT2D eigenvalue weighted by Gasteiger charge is -2.03. The van der Waals surface area contributed by atoms with E-state index in [0.29, 0.717) is 18.8 Å². The highest BCUT2D eigenvalue weighted by atomic mass is 35.5. The van der Waals surface area contributed by atoms with Gasteiger partial charge in [-0.15, -0.1) is 24.8 Å². The van der Waals surface area contributed by atoms with Crippen molar-refractivity contribution >= 4 is 30.8 Å². The lowest BCUT2D eigenvalue weighted by Crippen LogP contribution is -2.12. The molecule has 0 aliphatic rings. The summed E-state index contributed by atoms with van der Waals surface area (Å²) in [4.78, 5) is 15.1. The van der Waals surface area contributed by atoms with Gasteiger partial charge in [-0.05, 0) is 35.9 Å². The maximum absolute atomic E-state index is 11.0. The molecule has 0 amide bonds. The summed E-state index contributed by atoms with van der Waals surface area (Å²) in [5.41, 5.74) is 2.10. The van der Waals surface area contributed by atoms with E-state index in [0.717, 1.165) is 16.9 Å². The number of hydrogen-bond acceptors (Lipinski definition) is 4. The van der Waals surface area contributed by atoms with Gasteiger partial charge in [0.2, 0.25) is 0 Å². The minimum absolute atomic E-state index is 0. The highest BCUT2D eigenvalue weighted by molar-refractivity contribution is 5.89. The second kappa shape index (κ2) is 9.84. The van der Waals surface area contributed by atoms with E-state index in [2.05, 4.69) is 10.3 Å². The molecule has 3 aromatic rings. The van der Waals surface area contributed by atoms with Crippen LogP contribution in [-0.2, 0) is 13.1 Å². The Morgan fingerprint density at radius 3 is 2.64 bits per heavy atom. The van der Waals surface area contributed by atoms with E-state index in [9.17, 15) is 4.79 Å². The fourth-order valence-electron chi connectivity index (χ4n) is 2.27. The number of aromatic nitrogens is 1. The maximum atomic E-state index is 11.0. The molecular formula is C18H18Cl2N2O3. The summed E-state index contributed by atoms with van der Waals surface area (Å²) in [6.45, 7) is 1.30. The summed E-state index contributed by atoms with van der Waals surface area (Å²) in [5.74, 6) is 0.507. The Morgan fingerprint density at radius 2 is 1.92 bits per heavy atom. The Balaban J connectivity index is 0.00000156. The summed E-state index contributed by atoms with van der Waals surface area (Å²) >= 11 is 0. The van der Waals surface area contributed by atoms with Crippen LogP contribution in [0.5, 0.6) is 0 Å². The van der Waals surface area contributed by atoms with Gasteiger partial charge in [0.15, 0.2) is 0 Å². The van der Waals surface area contributed by atoms with Crippen LogP contribution in [0.2, 0.25) is 0 Å². The summed E-state index contributed by atoms with van der Waals surface area (Å²) in [6.07, 6.45) is 3.56. The van der Waals surface area contributed by atoms with E-state index in [4.69, 9.17) is 9.52 Å². The lowest BCUT2D eigenvalue weighted by atomic mass is 10.1. The molecule has 2 N–H and O–H groups in total. The zero-order valence-electron chi connectivity index (χ0n) is 13.2. The quantitative estimate of drug-likeness (QED) is 0.670. The molecule has 0 aliphatic heterocycles. The predicted octanol–water partition coefficient (Wildman–Crippen LogP) is 4.17. The Labute approximate surface area is 157 Å². The molecular weight excluding hydrogens is 363 g/mol. The molecule has 25 heavy (non-hydrogen) atoms. The van der Waals surface area contributed by atoms with Gasteiger partial charge in [0.25, 0.3) is 0 Å². The number of carbonyl (C=O) groups is 1. The number of pyridine rings is 1. The highest BCUT2D eigenvalue weighted by Gasteiger charge is 2.08. The van der Waals surface area contributed by atoms with Crippen molar-refractivity contribution in [3.63, 3.8) is 0 Å². The van der Waals surface area contributed by atoms with E-state index in [1.165, 1.54) is 0 Å². The molecule has 0 saturated heterocycles. The third-order valence-corrected chi connectivity index (χ3v) is 3.41. The Kier molecular flexibility index (Phi) is 8.15. The summed E-state index contributed by atoms with van der Waals surface area (Å²) < 4.78 is 5.77. The summed E-state index contributed by atoms with van der Waals surface area (Å²) in [5, 5.41) is 12.3. The Morgan fingerprint density at radius 1 is 1.08 bits per heavy atom. The first-order valence-electron chi connectivity index (χ1n) is 7.24. The van der Waals surface area contributed by atoms with Crippen molar-refractivity contribution in [2.45, 2.75) is 13.1 Å². The van der Waals surface area contributed by atoms with Crippen LogP contribution in [0.25, 0.3) is 11.3 Å². The smallest absolute Gasteiger partial charge is 0.335 e. The minimum atomic E-state index is -0.947. The topological polar surface area (TPSA) is 75.4 Å². The van der Waals surface area contributed by atoms with Crippen LogP contribution in [0.15, 0.2) is 65.3 Å². The number of rotatable bonds is 6. The molecule has 1 aromatic carbocycles. The molecule has 0 saturated carbocycles. The molecule has 7 heteroatoms. The average Bonchev–Trinajstić information content (AvgIpc) is 3.05.